The Morgan fingerprint density at radius 3 is 2.55 bits per heavy atom. The molecule has 0 heterocycles. The van der Waals surface area contributed by atoms with Crippen molar-refractivity contribution in [3.8, 4) is 11.1 Å². The lowest BCUT2D eigenvalue weighted by Gasteiger charge is -2.12. The standard InChI is InChI=1S/C24H24ClNO3/c25-22-11-3-9-20(15-22)23(27)16-26-12-4-6-17-5-1-7-18(13-17)19-8-2-10-21(14-19)24(28)29/h1-3,5,7-11,13-15,23,26-27H,4,6,12,16H2,(H,28,29)/t23-/m0/s1/i4D2,12D2,16D2,23D. The number of aryl methyl sites for hydroxylation is 1. The van der Waals surface area contributed by atoms with Gasteiger partial charge in [0.2, 0.25) is 0 Å². The van der Waals surface area contributed by atoms with Crippen LogP contribution in [-0.4, -0.2) is 29.2 Å². The predicted octanol–water partition coefficient (Wildman–Crippen LogP) is 4.96. The Balaban J connectivity index is 1.85. The third-order valence-electron chi connectivity index (χ3n) is 4.09. The number of rotatable bonds is 9. The second-order valence-electron chi connectivity index (χ2n) is 6.17. The van der Waals surface area contributed by atoms with Crippen LogP contribution < -0.4 is 5.32 Å². The van der Waals surface area contributed by atoms with Gasteiger partial charge >= 0.3 is 5.97 Å². The normalized spacial score (nSPS) is 18.1. The van der Waals surface area contributed by atoms with Crippen molar-refractivity contribution in [3.63, 3.8) is 0 Å². The highest BCUT2D eigenvalue weighted by Gasteiger charge is 2.08. The highest BCUT2D eigenvalue weighted by Crippen LogP contribution is 2.22. The van der Waals surface area contributed by atoms with Gasteiger partial charge in [-0.2, -0.15) is 0 Å². The number of carbonyl (C=O) groups is 1. The summed E-state index contributed by atoms with van der Waals surface area (Å²) in [5.74, 6) is -1.09. The number of carboxylic acid groups (broad SMARTS) is 1. The first-order valence-electron chi connectivity index (χ1n) is 12.3. The maximum Gasteiger partial charge on any atom is 0.335 e. The quantitative estimate of drug-likeness (QED) is 0.461. The molecule has 3 rings (SSSR count). The van der Waals surface area contributed by atoms with Crippen molar-refractivity contribution >= 4 is 17.6 Å². The van der Waals surface area contributed by atoms with Gasteiger partial charge in [-0.05, 0) is 65.8 Å². The van der Waals surface area contributed by atoms with E-state index < -0.39 is 37.8 Å². The van der Waals surface area contributed by atoms with Gasteiger partial charge in [-0.1, -0.05) is 60.1 Å². The molecule has 1 atom stereocenters. The lowest BCUT2D eigenvalue weighted by atomic mass is 9.99. The predicted molar refractivity (Wildman–Crippen MR) is 116 cm³/mol. The first kappa shape index (κ1) is 13.5. The first-order chi connectivity index (χ1) is 16.6. The van der Waals surface area contributed by atoms with E-state index >= 15 is 0 Å². The van der Waals surface area contributed by atoms with E-state index in [9.17, 15) is 15.0 Å². The van der Waals surface area contributed by atoms with Crippen LogP contribution in [0, 0.1) is 0 Å². The molecule has 0 aromatic heterocycles. The Kier molecular flexibility index (Phi) is 4.77. The van der Waals surface area contributed by atoms with Crippen LogP contribution in [-0.2, 0) is 6.42 Å². The summed E-state index contributed by atoms with van der Waals surface area (Å²) in [6.07, 6.45) is -6.16. The number of aliphatic hydroxyl groups is 1. The van der Waals surface area contributed by atoms with Crippen LogP contribution in [0.2, 0.25) is 5.02 Å². The first-order valence-corrected chi connectivity index (χ1v) is 9.14. The van der Waals surface area contributed by atoms with Crippen LogP contribution in [0.25, 0.3) is 11.1 Å². The third-order valence-corrected chi connectivity index (χ3v) is 4.33. The lowest BCUT2D eigenvalue weighted by Crippen LogP contribution is -2.22. The van der Waals surface area contributed by atoms with Gasteiger partial charge in [0, 0.05) is 19.7 Å². The molecule has 0 amide bonds. The van der Waals surface area contributed by atoms with Crippen LogP contribution in [0.5, 0.6) is 0 Å². The molecule has 0 saturated heterocycles. The van der Waals surface area contributed by atoms with Crippen LogP contribution in [0.15, 0.2) is 72.8 Å². The Bertz CT molecular complexity index is 1270. The van der Waals surface area contributed by atoms with Gasteiger partial charge in [0.1, 0.15) is 0 Å². The van der Waals surface area contributed by atoms with Crippen LogP contribution in [0.1, 0.15) is 43.5 Å². The number of nitrogens with one attached hydrogen (secondary N) is 1. The summed E-state index contributed by atoms with van der Waals surface area (Å²) in [4.78, 5) is 11.3. The van der Waals surface area contributed by atoms with Crippen molar-refractivity contribution < 1.29 is 24.6 Å². The monoisotopic (exact) mass is 416 g/mol. The minimum atomic E-state index is -3.12. The number of hydrogen-bond acceptors (Lipinski definition) is 3. The molecule has 0 bridgehead atoms. The molecular formula is C24H24ClNO3. The van der Waals surface area contributed by atoms with Crippen molar-refractivity contribution in [3.05, 3.63) is 94.5 Å². The van der Waals surface area contributed by atoms with E-state index in [0.29, 0.717) is 16.7 Å². The van der Waals surface area contributed by atoms with Gasteiger partial charge < -0.3 is 15.5 Å². The smallest absolute Gasteiger partial charge is 0.335 e. The highest BCUT2D eigenvalue weighted by molar-refractivity contribution is 6.30. The third kappa shape index (κ3) is 6.16. The lowest BCUT2D eigenvalue weighted by molar-refractivity contribution is 0.0697. The van der Waals surface area contributed by atoms with Crippen molar-refractivity contribution in [1.82, 2.24) is 5.32 Å². The summed E-state index contributed by atoms with van der Waals surface area (Å²) in [5.41, 5.74) is 1.39. The van der Waals surface area contributed by atoms with Crippen LogP contribution >= 0.6 is 11.6 Å². The Morgan fingerprint density at radius 1 is 1.07 bits per heavy atom. The summed E-state index contributed by atoms with van der Waals surface area (Å²) in [6.45, 7) is -6.14. The van der Waals surface area contributed by atoms with Crippen LogP contribution in [0.3, 0.4) is 0 Å². The summed E-state index contributed by atoms with van der Waals surface area (Å²) in [6, 6.07) is 18.0. The number of carboxylic acids is 1. The number of aromatic carboxylic acids is 1. The van der Waals surface area contributed by atoms with Gasteiger partial charge in [0.05, 0.1) is 13.0 Å². The SMILES string of the molecule is [2H]C([2H])(Cc1cccc(-c2cccc(C(=O)O)c2)c1)C([2H])([2H])NC([2H])([2H])[C@]([2H])(O)c1cccc(Cl)c1. The maximum atomic E-state index is 11.3. The van der Waals surface area contributed by atoms with Crippen LogP contribution in [0.4, 0.5) is 0 Å². The van der Waals surface area contributed by atoms with E-state index in [1.54, 1.807) is 36.4 Å². The van der Waals surface area contributed by atoms with Crippen molar-refractivity contribution in [2.45, 2.75) is 18.9 Å². The molecular weight excluding hydrogens is 386 g/mol. The second-order valence-corrected chi connectivity index (χ2v) is 6.61. The second kappa shape index (κ2) is 10.2. The molecule has 5 heteroatoms. The zero-order valence-corrected chi connectivity index (χ0v) is 16.1. The molecule has 0 fully saturated rings. The number of benzene rings is 3. The van der Waals surface area contributed by atoms with Gasteiger partial charge in [-0.25, -0.2) is 4.79 Å². The van der Waals surface area contributed by atoms with Gasteiger partial charge in [0.15, 0.2) is 0 Å². The van der Waals surface area contributed by atoms with Crippen molar-refractivity contribution in [2.75, 3.05) is 13.0 Å². The summed E-state index contributed by atoms with van der Waals surface area (Å²) in [5, 5.41) is 21.8. The Labute approximate surface area is 185 Å². The van der Waals surface area contributed by atoms with Gasteiger partial charge in [-0.3, -0.25) is 0 Å². The minimum absolute atomic E-state index is 0.0820. The molecule has 0 saturated carbocycles. The summed E-state index contributed by atoms with van der Waals surface area (Å²) in [7, 11) is 0. The molecule has 29 heavy (non-hydrogen) atoms. The van der Waals surface area contributed by atoms with E-state index in [1.165, 1.54) is 36.4 Å². The molecule has 4 nitrogen and oxygen atoms in total. The van der Waals surface area contributed by atoms with E-state index in [1.807, 2.05) is 5.32 Å². The summed E-state index contributed by atoms with van der Waals surface area (Å²) >= 11 is 5.88. The van der Waals surface area contributed by atoms with E-state index in [4.69, 9.17) is 21.2 Å². The Hall–Kier alpha value is -2.66. The average molecular weight is 417 g/mol. The molecule has 0 aliphatic heterocycles. The molecule has 0 aliphatic rings. The molecule has 150 valence electrons. The fourth-order valence-corrected chi connectivity index (χ4v) is 2.87. The van der Waals surface area contributed by atoms with E-state index in [2.05, 4.69) is 0 Å². The molecule has 0 spiro atoms. The van der Waals surface area contributed by atoms with Crippen molar-refractivity contribution in [2.24, 2.45) is 0 Å². The van der Waals surface area contributed by atoms with Crippen molar-refractivity contribution in [1.29, 1.82) is 0 Å². The van der Waals surface area contributed by atoms with Gasteiger partial charge in [0.25, 0.3) is 0 Å². The average Bonchev–Trinajstić information content (AvgIpc) is 2.78. The van der Waals surface area contributed by atoms with Gasteiger partial charge in [-0.15, -0.1) is 0 Å². The molecule has 3 aromatic rings. The molecule has 3 N–H and O–H groups in total. The van der Waals surface area contributed by atoms with E-state index in [0.717, 1.165) is 0 Å². The fraction of sp³-hybridized carbons (Fsp3) is 0.208. The molecule has 0 aliphatic carbocycles. The fourth-order valence-electron chi connectivity index (χ4n) is 2.68. The zero-order chi connectivity index (χ0) is 26.9. The molecule has 0 unspecified atom stereocenters. The topological polar surface area (TPSA) is 69.6 Å². The minimum Gasteiger partial charge on any atom is -0.478 e. The maximum absolute atomic E-state index is 11.3. The zero-order valence-electron chi connectivity index (χ0n) is 22.3. The largest absolute Gasteiger partial charge is 0.478 e. The number of halogens is 1. The summed E-state index contributed by atoms with van der Waals surface area (Å²) < 4.78 is 57.8. The van der Waals surface area contributed by atoms with E-state index in [-0.39, 0.29) is 16.1 Å². The highest BCUT2D eigenvalue weighted by atomic mass is 35.5. The Morgan fingerprint density at radius 2 is 1.79 bits per heavy atom. The molecule has 3 aromatic carbocycles. The molecule has 0 radical (unpaired) electrons. The number of hydrogen-bond donors (Lipinski definition) is 3.